The van der Waals surface area contributed by atoms with Crippen molar-refractivity contribution >= 4 is 43.5 Å². The Morgan fingerprint density at radius 2 is 1.44 bits per heavy atom. The van der Waals surface area contributed by atoms with Crippen LogP contribution in [0.4, 0.5) is 5.69 Å². The number of anilines is 1. The van der Waals surface area contributed by atoms with Crippen LogP contribution in [0.25, 0.3) is 0 Å². The highest BCUT2D eigenvalue weighted by molar-refractivity contribution is 9.10. The number of benzene rings is 4. The van der Waals surface area contributed by atoms with Crippen molar-refractivity contribution in [3.8, 4) is 5.75 Å². The number of nitrogens with one attached hydrogen (secondary N) is 1. The van der Waals surface area contributed by atoms with Gasteiger partial charge in [0, 0.05) is 24.5 Å². The van der Waals surface area contributed by atoms with Crippen LogP contribution in [-0.2, 0) is 39.2 Å². The van der Waals surface area contributed by atoms with Crippen molar-refractivity contribution in [3.05, 3.63) is 130 Å². The summed E-state index contributed by atoms with van der Waals surface area (Å²) in [6, 6.07) is 32.2. The summed E-state index contributed by atoms with van der Waals surface area (Å²) < 4.78 is 33.7. The third-order valence-electron chi connectivity index (χ3n) is 6.81. The molecule has 0 aliphatic carbocycles. The molecule has 4 aromatic carbocycles. The minimum absolute atomic E-state index is 0.104. The number of sulfonamides is 1. The normalized spacial score (nSPS) is 11.8. The fourth-order valence-corrected chi connectivity index (χ4v) is 5.91. The minimum Gasteiger partial charge on any atom is -0.489 e. The summed E-state index contributed by atoms with van der Waals surface area (Å²) >= 11 is 3.47. The second kappa shape index (κ2) is 14.8. The molecule has 0 aliphatic rings. The number of amides is 2. The second-order valence-corrected chi connectivity index (χ2v) is 12.8. The summed E-state index contributed by atoms with van der Waals surface area (Å²) in [7, 11) is -2.35. The molecular formula is C33H34BrN3O5S. The summed E-state index contributed by atoms with van der Waals surface area (Å²) in [5, 5.41) is 2.68. The minimum atomic E-state index is -3.87. The van der Waals surface area contributed by atoms with Crippen LogP contribution in [0, 0.1) is 0 Å². The molecule has 1 N–H and O–H groups in total. The molecule has 4 rings (SSSR count). The van der Waals surface area contributed by atoms with Crippen molar-refractivity contribution in [2.75, 3.05) is 24.2 Å². The Balaban J connectivity index is 1.61. The maximum Gasteiger partial charge on any atom is 0.244 e. The summed E-state index contributed by atoms with van der Waals surface area (Å²) in [6.07, 6.45) is 1.31. The Bertz CT molecular complexity index is 1620. The summed E-state index contributed by atoms with van der Waals surface area (Å²) in [6.45, 7) is -0.0201. The zero-order valence-electron chi connectivity index (χ0n) is 24.0. The fraction of sp³-hybridized carbons (Fsp3) is 0.212. The number of ether oxygens (including phenoxy) is 1. The van der Waals surface area contributed by atoms with Crippen molar-refractivity contribution in [1.82, 2.24) is 10.2 Å². The van der Waals surface area contributed by atoms with E-state index in [1.807, 2.05) is 84.9 Å². The van der Waals surface area contributed by atoms with Gasteiger partial charge in [-0.2, -0.15) is 0 Å². The molecule has 0 aliphatic heterocycles. The number of hydrogen-bond donors (Lipinski definition) is 1. The van der Waals surface area contributed by atoms with Crippen molar-refractivity contribution < 1.29 is 22.7 Å². The van der Waals surface area contributed by atoms with E-state index < -0.39 is 28.5 Å². The molecule has 2 amide bonds. The van der Waals surface area contributed by atoms with E-state index in [0.29, 0.717) is 18.0 Å². The fourth-order valence-electron chi connectivity index (χ4n) is 4.62. The number of carbonyl (C=O) groups excluding carboxylic acids is 2. The Labute approximate surface area is 261 Å². The first-order valence-corrected chi connectivity index (χ1v) is 16.3. The number of rotatable bonds is 13. The molecule has 1 atom stereocenters. The highest BCUT2D eigenvalue weighted by atomic mass is 79.9. The molecule has 0 saturated heterocycles. The smallest absolute Gasteiger partial charge is 0.244 e. The van der Waals surface area contributed by atoms with Crippen LogP contribution in [0.2, 0.25) is 0 Å². The molecule has 0 spiro atoms. The van der Waals surface area contributed by atoms with Gasteiger partial charge in [-0.15, -0.1) is 0 Å². The first-order chi connectivity index (χ1) is 20.6. The lowest BCUT2D eigenvalue weighted by molar-refractivity contribution is -0.139. The Morgan fingerprint density at radius 1 is 0.837 bits per heavy atom. The van der Waals surface area contributed by atoms with Crippen molar-refractivity contribution in [3.63, 3.8) is 0 Å². The molecule has 0 unspecified atom stereocenters. The van der Waals surface area contributed by atoms with Gasteiger partial charge in [0.15, 0.2) is 0 Å². The van der Waals surface area contributed by atoms with E-state index in [1.54, 1.807) is 24.3 Å². The molecular weight excluding hydrogens is 630 g/mol. The number of hydrogen-bond acceptors (Lipinski definition) is 5. The zero-order valence-corrected chi connectivity index (χ0v) is 26.4. The quantitative estimate of drug-likeness (QED) is 0.213. The lowest BCUT2D eigenvalue weighted by atomic mass is 10.0. The van der Waals surface area contributed by atoms with E-state index >= 15 is 0 Å². The number of halogens is 1. The van der Waals surface area contributed by atoms with Crippen molar-refractivity contribution in [2.45, 2.75) is 25.6 Å². The Morgan fingerprint density at radius 3 is 2.02 bits per heavy atom. The van der Waals surface area contributed by atoms with E-state index in [4.69, 9.17) is 4.74 Å². The molecule has 0 radical (unpaired) electrons. The Hall–Kier alpha value is -4.15. The predicted molar refractivity (Wildman–Crippen MR) is 172 cm³/mol. The lowest BCUT2D eigenvalue weighted by Gasteiger charge is -2.33. The van der Waals surface area contributed by atoms with Crippen LogP contribution in [0.5, 0.6) is 5.75 Å². The SMILES string of the molecule is CNC(=O)[C@H](Cc1ccccc1)N(Cc1cccc(Br)c1)C(=O)CN(c1ccc(OCc2ccccc2)cc1)S(C)(=O)=O. The average Bonchev–Trinajstić information content (AvgIpc) is 3.01. The predicted octanol–water partition coefficient (Wildman–Crippen LogP) is 5.18. The number of carbonyl (C=O) groups is 2. The first-order valence-electron chi connectivity index (χ1n) is 13.7. The third kappa shape index (κ3) is 9.17. The van der Waals surface area contributed by atoms with Gasteiger partial charge in [0.2, 0.25) is 21.8 Å². The van der Waals surface area contributed by atoms with E-state index in [-0.39, 0.29) is 18.9 Å². The summed E-state index contributed by atoms with van der Waals surface area (Å²) in [4.78, 5) is 28.7. The van der Waals surface area contributed by atoms with E-state index in [2.05, 4.69) is 21.2 Å². The van der Waals surface area contributed by atoms with Crippen molar-refractivity contribution in [2.24, 2.45) is 0 Å². The molecule has 8 nitrogen and oxygen atoms in total. The monoisotopic (exact) mass is 663 g/mol. The van der Waals surface area contributed by atoms with Crippen molar-refractivity contribution in [1.29, 1.82) is 0 Å². The van der Waals surface area contributed by atoms with Gasteiger partial charge in [-0.3, -0.25) is 13.9 Å². The van der Waals surface area contributed by atoms with E-state index in [9.17, 15) is 18.0 Å². The van der Waals surface area contributed by atoms with Gasteiger partial charge in [-0.25, -0.2) is 8.42 Å². The van der Waals surface area contributed by atoms with Crippen LogP contribution in [0.15, 0.2) is 114 Å². The second-order valence-electron chi connectivity index (χ2n) is 10.0. The van der Waals surface area contributed by atoms with Gasteiger partial charge in [-0.05, 0) is 53.1 Å². The van der Waals surface area contributed by atoms with Gasteiger partial charge < -0.3 is 15.0 Å². The largest absolute Gasteiger partial charge is 0.489 e. The van der Waals surface area contributed by atoms with Crippen LogP contribution in [0.3, 0.4) is 0 Å². The Kier molecular flexibility index (Phi) is 11.0. The molecule has 0 bridgehead atoms. The van der Waals surface area contributed by atoms with Gasteiger partial charge in [-0.1, -0.05) is 88.7 Å². The highest BCUT2D eigenvalue weighted by Crippen LogP contribution is 2.24. The average molecular weight is 665 g/mol. The van der Waals surface area contributed by atoms with Crippen LogP contribution in [-0.4, -0.2) is 51.0 Å². The highest BCUT2D eigenvalue weighted by Gasteiger charge is 2.32. The molecule has 0 saturated carbocycles. The maximum atomic E-state index is 14.0. The van der Waals surface area contributed by atoms with Crippen LogP contribution in [0.1, 0.15) is 16.7 Å². The molecule has 43 heavy (non-hydrogen) atoms. The van der Waals surface area contributed by atoms with Gasteiger partial charge in [0.1, 0.15) is 24.9 Å². The van der Waals surface area contributed by atoms with E-state index in [1.165, 1.54) is 11.9 Å². The van der Waals surface area contributed by atoms with Crippen LogP contribution >= 0.6 is 15.9 Å². The summed E-state index contributed by atoms with van der Waals surface area (Å²) in [5.74, 6) is -0.302. The number of nitrogens with zero attached hydrogens (tertiary/aromatic N) is 2. The van der Waals surface area contributed by atoms with Gasteiger partial charge in [0.25, 0.3) is 0 Å². The topological polar surface area (TPSA) is 96.0 Å². The summed E-state index contributed by atoms with van der Waals surface area (Å²) in [5.41, 5.74) is 2.97. The molecule has 224 valence electrons. The maximum absolute atomic E-state index is 14.0. The van der Waals surface area contributed by atoms with Gasteiger partial charge >= 0.3 is 0 Å². The molecule has 0 heterocycles. The standard InChI is InChI=1S/C33H34BrN3O5S/c1-35-33(39)31(21-25-10-5-3-6-11-25)36(22-27-14-9-15-28(34)20-27)32(38)23-37(43(2,40)41)29-16-18-30(19-17-29)42-24-26-12-7-4-8-13-26/h3-20,31H,21-24H2,1-2H3,(H,35,39)/t31-/m0/s1. The molecule has 10 heteroatoms. The first kappa shape index (κ1) is 31.8. The third-order valence-corrected chi connectivity index (χ3v) is 8.45. The number of likely N-dealkylation sites (N-methyl/N-ethyl adjacent to an activating group) is 1. The zero-order chi connectivity index (χ0) is 30.8. The lowest BCUT2D eigenvalue weighted by Crippen LogP contribution is -2.52. The van der Waals surface area contributed by atoms with Gasteiger partial charge in [0.05, 0.1) is 11.9 Å². The molecule has 0 aromatic heterocycles. The van der Waals surface area contributed by atoms with E-state index in [0.717, 1.165) is 31.7 Å². The molecule has 0 fully saturated rings. The molecule has 4 aromatic rings. The van der Waals surface area contributed by atoms with Crippen LogP contribution < -0.4 is 14.4 Å².